The van der Waals surface area contributed by atoms with Gasteiger partial charge in [0, 0.05) is 17.9 Å². The van der Waals surface area contributed by atoms with Crippen LogP contribution >= 0.6 is 0 Å². The lowest BCUT2D eigenvalue weighted by Crippen LogP contribution is -2.12. The zero-order valence-corrected chi connectivity index (χ0v) is 15.0. The molecule has 0 fully saturated rings. The smallest absolute Gasteiger partial charge is 0.368 e. The molecule has 0 amide bonds. The summed E-state index contributed by atoms with van der Waals surface area (Å²) in [5.74, 6) is -1.80. The Morgan fingerprint density at radius 2 is 1.68 bits per heavy atom. The van der Waals surface area contributed by atoms with Gasteiger partial charge in [-0.05, 0) is 23.8 Å². The van der Waals surface area contributed by atoms with Crippen LogP contribution in [0.1, 0.15) is 5.56 Å². The van der Waals surface area contributed by atoms with Crippen LogP contribution in [0.15, 0.2) is 41.3 Å². The second-order valence-corrected chi connectivity index (χ2v) is 7.90. The van der Waals surface area contributed by atoms with Gasteiger partial charge >= 0.3 is 6.18 Å². The minimum Gasteiger partial charge on any atom is -0.368 e. The normalized spacial score (nSPS) is 12.3. The highest BCUT2D eigenvalue weighted by Gasteiger charge is 2.36. The van der Waals surface area contributed by atoms with E-state index in [1.54, 1.807) is 0 Å². The highest BCUT2D eigenvalue weighted by Crippen LogP contribution is 2.40. The molecule has 3 aromatic rings. The molecule has 0 saturated heterocycles. The van der Waals surface area contributed by atoms with E-state index in [2.05, 4.69) is 10.1 Å². The number of hydrogen-bond acceptors (Lipinski definition) is 6. The molecule has 4 N–H and O–H groups in total. The molecule has 1 heterocycles. The van der Waals surface area contributed by atoms with Crippen LogP contribution < -0.4 is 11.5 Å². The van der Waals surface area contributed by atoms with Crippen molar-refractivity contribution in [3.63, 3.8) is 0 Å². The first kappa shape index (κ1) is 19.6. The second-order valence-electron chi connectivity index (χ2n) is 5.88. The minimum atomic E-state index is -4.91. The highest BCUT2D eigenvalue weighted by molar-refractivity contribution is 7.90. The van der Waals surface area contributed by atoms with E-state index in [-0.39, 0.29) is 28.0 Å². The van der Waals surface area contributed by atoms with Gasteiger partial charge in [0.2, 0.25) is 11.9 Å². The van der Waals surface area contributed by atoms with Gasteiger partial charge < -0.3 is 11.5 Å². The minimum absolute atomic E-state index is 0.104. The number of rotatable bonds is 3. The average molecular weight is 415 g/mol. The van der Waals surface area contributed by atoms with E-state index in [1.165, 1.54) is 0 Å². The third-order valence-corrected chi connectivity index (χ3v) is 4.97. The molecular weight excluding hydrogens is 402 g/mol. The van der Waals surface area contributed by atoms with E-state index in [9.17, 15) is 26.0 Å². The van der Waals surface area contributed by atoms with E-state index < -0.39 is 33.0 Å². The van der Waals surface area contributed by atoms with Gasteiger partial charge in [0.15, 0.2) is 9.84 Å². The van der Waals surface area contributed by atoms with Crippen molar-refractivity contribution in [2.45, 2.75) is 11.1 Å². The number of aromatic nitrogens is 3. The van der Waals surface area contributed by atoms with Crippen molar-refractivity contribution < 1.29 is 26.0 Å². The summed E-state index contributed by atoms with van der Waals surface area (Å²) in [6, 6.07) is 5.88. The molecule has 0 aliphatic rings. The molecule has 0 aliphatic heterocycles. The van der Waals surface area contributed by atoms with Crippen LogP contribution in [-0.4, -0.2) is 29.4 Å². The Kier molecular flexibility index (Phi) is 4.54. The fourth-order valence-corrected chi connectivity index (χ4v) is 3.26. The van der Waals surface area contributed by atoms with E-state index in [0.29, 0.717) is 6.07 Å². The molecular formula is C16H13F4N5O2S. The SMILES string of the molecule is CS(=O)(=O)c1ccc(-c2c(F)cc(-n3nc(N)nc3N)cc2C(F)(F)F)cc1. The van der Waals surface area contributed by atoms with Crippen molar-refractivity contribution in [3.8, 4) is 16.8 Å². The summed E-state index contributed by atoms with van der Waals surface area (Å²) < 4.78 is 79.4. The maximum Gasteiger partial charge on any atom is 0.417 e. The van der Waals surface area contributed by atoms with E-state index in [1.807, 2.05) is 0 Å². The van der Waals surface area contributed by atoms with Crippen LogP contribution in [0.2, 0.25) is 0 Å². The quantitative estimate of drug-likeness (QED) is 0.635. The zero-order valence-electron chi connectivity index (χ0n) is 14.2. The van der Waals surface area contributed by atoms with Crippen LogP contribution in [-0.2, 0) is 16.0 Å². The van der Waals surface area contributed by atoms with Crippen molar-refractivity contribution in [1.29, 1.82) is 0 Å². The Morgan fingerprint density at radius 1 is 1.07 bits per heavy atom. The predicted molar refractivity (Wildman–Crippen MR) is 93.7 cm³/mol. The summed E-state index contributed by atoms with van der Waals surface area (Å²) in [5, 5.41) is 3.64. The number of nitrogens with two attached hydrogens (primary N) is 2. The van der Waals surface area contributed by atoms with Crippen LogP contribution in [0, 0.1) is 5.82 Å². The van der Waals surface area contributed by atoms with Crippen LogP contribution in [0.3, 0.4) is 0 Å². The first-order valence-electron chi connectivity index (χ1n) is 7.57. The summed E-state index contributed by atoms with van der Waals surface area (Å²) in [7, 11) is -3.56. The second kappa shape index (κ2) is 6.48. The van der Waals surface area contributed by atoms with Crippen molar-refractivity contribution in [2.75, 3.05) is 17.7 Å². The third kappa shape index (κ3) is 3.63. The molecule has 7 nitrogen and oxygen atoms in total. The molecule has 0 radical (unpaired) electrons. The van der Waals surface area contributed by atoms with Crippen LogP contribution in [0.25, 0.3) is 16.8 Å². The van der Waals surface area contributed by atoms with E-state index >= 15 is 0 Å². The Balaban J connectivity index is 2.23. The molecule has 28 heavy (non-hydrogen) atoms. The first-order chi connectivity index (χ1) is 12.9. The van der Waals surface area contributed by atoms with Gasteiger partial charge in [0.25, 0.3) is 0 Å². The molecule has 1 aromatic heterocycles. The summed E-state index contributed by atoms with van der Waals surface area (Å²) >= 11 is 0. The molecule has 148 valence electrons. The number of sulfone groups is 1. The number of nitrogen functional groups attached to an aromatic ring is 2. The molecule has 2 aromatic carbocycles. The summed E-state index contributed by atoms with van der Waals surface area (Å²) in [4.78, 5) is 3.47. The molecule has 0 bridgehead atoms. The number of nitrogens with zero attached hydrogens (tertiary/aromatic N) is 3. The van der Waals surface area contributed by atoms with Gasteiger partial charge in [0.1, 0.15) is 5.82 Å². The zero-order chi connectivity index (χ0) is 20.9. The van der Waals surface area contributed by atoms with Gasteiger partial charge in [-0.15, -0.1) is 5.10 Å². The average Bonchev–Trinajstić information content (AvgIpc) is 2.91. The van der Waals surface area contributed by atoms with E-state index in [0.717, 1.165) is 41.3 Å². The molecule has 0 aliphatic carbocycles. The van der Waals surface area contributed by atoms with Crippen molar-refractivity contribution in [2.24, 2.45) is 0 Å². The summed E-state index contributed by atoms with van der Waals surface area (Å²) in [5.41, 5.74) is 8.42. The number of anilines is 2. The Bertz CT molecular complexity index is 1160. The van der Waals surface area contributed by atoms with Gasteiger partial charge in [0.05, 0.1) is 16.1 Å². The first-order valence-corrected chi connectivity index (χ1v) is 9.46. The molecule has 0 spiro atoms. The van der Waals surface area contributed by atoms with Crippen LogP contribution in [0.4, 0.5) is 29.5 Å². The Hall–Kier alpha value is -3.15. The topological polar surface area (TPSA) is 117 Å². The number of alkyl halides is 3. The number of hydrogen-bond donors (Lipinski definition) is 2. The third-order valence-electron chi connectivity index (χ3n) is 3.84. The fourth-order valence-electron chi connectivity index (χ4n) is 2.63. The molecule has 12 heteroatoms. The Morgan fingerprint density at radius 3 is 2.14 bits per heavy atom. The highest BCUT2D eigenvalue weighted by atomic mass is 32.2. The van der Waals surface area contributed by atoms with Gasteiger partial charge in [-0.3, -0.25) is 0 Å². The molecule has 0 saturated carbocycles. The largest absolute Gasteiger partial charge is 0.417 e. The fraction of sp³-hybridized carbons (Fsp3) is 0.125. The maximum absolute atomic E-state index is 14.7. The molecule has 3 rings (SSSR count). The monoisotopic (exact) mass is 415 g/mol. The van der Waals surface area contributed by atoms with Crippen LogP contribution in [0.5, 0.6) is 0 Å². The van der Waals surface area contributed by atoms with Gasteiger partial charge in [-0.25, -0.2) is 12.8 Å². The number of benzene rings is 2. The van der Waals surface area contributed by atoms with Crippen molar-refractivity contribution in [3.05, 3.63) is 47.8 Å². The Labute approximate surface area is 156 Å². The van der Waals surface area contributed by atoms with Gasteiger partial charge in [-0.2, -0.15) is 22.8 Å². The number of halogens is 4. The van der Waals surface area contributed by atoms with Gasteiger partial charge in [-0.1, -0.05) is 12.1 Å². The van der Waals surface area contributed by atoms with E-state index in [4.69, 9.17) is 11.5 Å². The maximum atomic E-state index is 14.7. The lowest BCUT2D eigenvalue weighted by atomic mass is 9.98. The summed E-state index contributed by atoms with van der Waals surface area (Å²) in [6.45, 7) is 0. The van der Waals surface area contributed by atoms with Crippen molar-refractivity contribution in [1.82, 2.24) is 14.8 Å². The lowest BCUT2D eigenvalue weighted by Gasteiger charge is -2.16. The lowest BCUT2D eigenvalue weighted by molar-refractivity contribution is -0.137. The summed E-state index contributed by atoms with van der Waals surface area (Å²) in [6.07, 6.45) is -3.96. The predicted octanol–water partition coefficient (Wildman–Crippen LogP) is 2.66. The molecule has 0 atom stereocenters. The standard InChI is InChI=1S/C16H13F4N5O2S/c1-28(26,27)10-4-2-8(3-5-10)13-11(16(18,19)20)6-9(7-12(13)17)25-15(22)23-14(21)24-25/h2-7H,1H3,(H4,21,22,23,24). The molecule has 0 unspecified atom stereocenters. The van der Waals surface area contributed by atoms with Crippen molar-refractivity contribution >= 4 is 21.7 Å².